The highest BCUT2D eigenvalue weighted by Gasteiger charge is 2.17. The maximum absolute atomic E-state index is 12.3. The fraction of sp³-hybridized carbons (Fsp3) is 0.118. The maximum Gasteiger partial charge on any atom is 0.343 e. The van der Waals surface area contributed by atoms with Gasteiger partial charge >= 0.3 is 12.0 Å². The van der Waals surface area contributed by atoms with Crippen LogP contribution in [0, 0.1) is 0 Å². The summed E-state index contributed by atoms with van der Waals surface area (Å²) in [4.78, 5) is 22.9. The Morgan fingerprint density at radius 1 is 1.15 bits per heavy atom. The van der Waals surface area contributed by atoms with Gasteiger partial charge in [0.05, 0.1) is 31.0 Å². The van der Waals surface area contributed by atoms with Crippen molar-refractivity contribution in [3.05, 3.63) is 52.5 Å². The highest BCUT2D eigenvalue weighted by Crippen LogP contribution is 2.36. The van der Waals surface area contributed by atoms with E-state index >= 15 is 0 Å². The molecule has 9 heteroatoms. The van der Waals surface area contributed by atoms with Crippen molar-refractivity contribution in [1.29, 1.82) is 0 Å². The van der Waals surface area contributed by atoms with Crippen molar-refractivity contribution in [2.24, 2.45) is 10.8 Å². The highest BCUT2D eigenvalue weighted by molar-refractivity contribution is 6.32. The van der Waals surface area contributed by atoms with E-state index in [1.807, 2.05) is 0 Å². The smallest absolute Gasteiger partial charge is 0.343 e. The molecule has 0 atom stereocenters. The molecule has 0 heterocycles. The van der Waals surface area contributed by atoms with Crippen molar-refractivity contribution in [2.45, 2.75) is 0 Å². The summed E-state index contributed by atoms with van der Waals surface area (Å²) in [5, 5.41) is 3.76. The van der Waals surface area contributed by atoms with E-state index in [0.717, 1.165) is 0 Å². The Morgan fingerprint density at radius 3 is 2.42 bits per heavy atom. The Hall–Kier alpha value is -3.26. The fourth-order valence-corrected chi connectivity index (χ4v) is 2.22. The van der Waals surface area contributed by atoms with Crippen LogP contribution in [0.15, 0.2) is 41.5 Å². The second kappa shape index (κ2) is 8.72. The number of nitrogens with one attached hydrogen (secondary N) is 1. The Morgan fingerprint density at radius 2 is 1.85 bits per heavy atom. The van der Waals surface area contributed by atoms with E-state index in [1.54, 1.807) is 24.3 Å². The van der Waals surface area contributed by atoms with Gasteiger partial charge < -0.3 is 19.9 Å². The van der Waals surface area contributed by atoms with Gasteiger partial charge in [-0.15, -0.1) is 0 Å². The Kier molecular flexibility index (Phi) is 6.40. The van der Waals surface area contributed by atoms with Crippen LogP contribution in [-0.4, -0.2) is 32.4 Å². The number of esters is 1. The number of carbonyl (C=O) groups is 2. The molecule has 0 spiro atoms. The van der Waals surface area contributed by atoms with E-state index in [9.17, 15) is 9.59 Å². The molecule has 2 aromatic carbocycles. The van der Waals surface area contributed by atoms with Gasteiger partial charge in [0.2, 0.25) is 0 Å². The molecule has 0 aromatic heterocycles. The third kappa shape index (κ3) is 4.87. The van der Waals surface area contributed by atoms with Gasteiger partial charge in [-0.1, -0.05) is 11.6 Å². The molecule has 8 nitrogen and oxygen atoms in total. The lowest BCUT2D eigenvalue weighted by Crippen LogP contribution is -2.24. The topological polar surface area (TPSA) is 112 Å². The van der Waals surface area contributed by atoms with E-state index < -0.39 is 12.0 Å². The average molecular weight is 378 g/mol. The summed E-state index contributed by atoms with van der Waals surface area (Å²) in [5.41, 5.74) is 7.80. The van der Waals surface area contributed by atoms with Crippen LogP contribution in [0.25, 0.3) is 0 Å². The molecular weight excluding hydrogens is 362 g/mol. The molecule has 0 bridgehead atoms. The summed E-state index contributed by atoms with van der Waals surface area (Å²) in [6.45, 7) is 0. The lowest BCUT2D eigenvalue weighted by molar-refractivity contribution is 0.0729. The summed E-state index contributed by atoms with van der Waals surface area (Å²) in [5.74, 6) is 0.296. The predicted molar refractivity (Wildman–Crippen MR) is 96.3 cm³/mol. The molecule has 136 valence electrons. The fourth-order valence-electron chi connectivity index (χ4n) is 1.96. The van der Waals surface area contributed by atoms with Crippen LogP contribution < -0.4 is 25.4 Å². The first-order chi connectivity index (χ1) is 12.4. The summed E-state index contributed by atoms with van der Waals surface area (Å²) in [6, 6.07) is 8.64. The molecule has 0 radical (unpaired) electrons. The van der Waals surface area contributed by atoms with E-state index in [2.05, 4.69) is 10.5 Å². The van der Waals surface area contributed by atoms with Crippen molar-refractivity contribution in [3.63, 3.8) is 0 Å². The van der Waals surface area contributed by atoms with Crippen molar-refractivity contribution in [1.82, 2.24) is 5.43 Å². The second-order valence-corrected chi connectivity index (χ2v) is 5.29. The molecule has 0 unspecified atom stereocenters. The van der Waals surface area contributed by atoms with Gasteiger partial charge in [0.15, 0.2) is 11.5 Å². The van der Waals surface area contributed by atoms with Gasteiger partial charge in [-0.3, -0.25) is 0 Å². The monoisotopic (exact) mass is 377 g/mol. The molecular formula is C17H16ClN3O5. The number of halogens is 1. The van der Waals surface area contributed by atoms with Crippen LogP contribution in [0.1, 0.15) is 15.9 Å². The zero-order valence-electron chi connectivity index (χ0n) is 14.0. The largest absolute Gasteiger partial charge is 0.497 e. The predicted octanol–water partition coefficient (Wildman–Crippen LogP) is 2.58. The third-order valence-electron chi connectivity index (χ3n) is 3.16. The van der Waals surface area contributed by atoms with E-state index in [4.69, 9.17) is 31.5 Å². The molecule has 2 amide bonds. The number of urea groups is 1. The van der Waals surface area contributed by atoms with Crippen LogP contribution in [-0.2, 0) is 0 Å². The van der Waals surface area contributed by atoms with Gasteiger partial charge in [0.25, 0.3) is 0 Å². The summed E-state index contributed by atoms with van der Waals surface area (Å²) in [7, 11) is 2.93. The zero-order chi connectivity index (χ0) is 19.1. The number of primary amides is 1. The standard InChI is InChI=1S/C17H16ClN3O5/c1-24-12-5-3-11(4-6-12)16(22)26-15-13(18)7-10(8-14(15)25-2)9-20-21-17(19)23/h3-9H,1-2H3,(H3,19,21,23)/b20-9+. The van der Waals surface area contributed by atoms with Gasteiger partial charge in [-0.2, -0.15) is 5.10 Å². The number of nitrogens with zero attached hydrogens (tertiary/aromatic N) is 1. The van der Waals surface area contributed by atoms with Crippen molar-refractivity contribution < 1.29 is 23.8 Å². The van der Waals surface area contributed by atoms with Crippen molar-refractivity contribution in [2.75, 3.05) is 14.2 Å². The van der Waals surface area contributed by atoms with Crippen molar-refractivity contribution in [3.8, 4) is 17.2 Å². The number of nitrogens with two attached hydrogens (primary N) is 1. The van der Waals surface area contributed by atoms with Gasteiger partial charge in [-0.05, 0) is 42.0 Å². The van der Waals surface area contributed by atoms with Crippen LogP contribution in [0.5, 0.6) is 17.2 Å². The van der Waals surface area contributed by atoms with Gasteiger partial charge in [-0.25, -0.2) is 15.0 Å². The maximum atomic E-state index is 12.3. The summed E-state index contributed by atoms with van der Waals surface area (Å²) < 4.78 is 15.6. The minimum absolute atomic E-state index is 0.0648. The number of amides is 2. The number of methoxy groups -OCH3 is 2. The first-order valence-corrected chi connectivity index (χ1v) is 7.64. The first-order valence-electron chi connectivity index (χ1n) is 7.27. The first kappa shape index (κ1) is 19.1. The second-order valence-electron chi connectivity index (χ2n) is 4.89. The SMILES string of the molecule is COc1ccc(C(=O)Oc2c(Cl)cc(/C=N/NC(N)=O)cc2OC)cc1. The molecule has 26 heavy (non-hydrogen) atoms. The number of ether oxygens (including phenoxy) is 3. The van der Waals surface area contributed by atoms with Crippen LogP contribution in [0.4, 0.5) is 4.79 Å². The highest BCUT2D eigenvalue weighted by atomic mass is 35.5. The van der Waals surface area contributed by atoms with E-state index in [0.29, 0.717) is 16.9 Å². The third-order valence-corrected chi connectivity index (χ3v) is 3.44. The molecule has 0 aliphatic heterocycles. The molecule has 0 aliphatic carbocycles. The van der Waals surface area contributed by atoms with E-state index in [1.165, 1.54) is 32.6 Å². The van der Waals surface area contributed by atoms with Gasteiger partial charge in [0.1, 0.15) is 5.75 Å². The van der Waals surface area contributed by atoms with Crippen LogP contribution in [0.2, 0.25) is 5.02 Å². The molecule has 0 fully saturated rings. The molecule has 3 N–H and O–H groups in total. The Labute approximate surface area is 154 Å². The van der Waals surface area contributed by atoms with E-state index in [-0.39, 0.29) is 16.5 Å². The lowest BCUT2D eigenvalue weighted by Gasteiger charge is -2.12. The molecule has 2 rings (SSSR count). The summed E-state index contributed by atoms with van der Waals surface area (Å²) >= 11 is 6.18. The number of hydrogen-bond acceptors (Lipinski definition) is 6. The van der Waals surface area contributed by atoms with Crippen LogP contribution in [0.3, 0.4) is 0 Å². The molecule has 0 saturated carbocycles. The summed E-state index contributed by atoms with van der Waals surface area (Å²) in [6.07, 6.45) is 1.31. The average Bonchev–Trinajstić information content (AvgIpc) is 2.63. The van der Waals surface area contributed by atoms with Crippen LogP contribution >= 0.6 is 11.6 Å². The minimum atomic E-state index is -0.802. The minimum Gasteiger partial charge on any atom is -0.497 e. The lowest BCUT2D eigenvalue weighted by atomic mass is 10.2. The number of hydrogen-bond donors (Lipinski definition) is 2. The van der Waals surface area contributed by atoms with Gasteiger partial charge in [0, 0.05) is 0 Å². The normalized spacial score (nSPS) is 10.4. The molecule has 2 aromatic rings. The molecule has 0 aliphatic rings. The number of rotatable bonds is 6. The molecule has 0 saturated heterocycles. The Bertz CT molecular complexity index is 837. The zero-order valence-corrected chi connectivity index (χ0v) is 14.7. The number of benzene rings is 2. The van der Waals surface area contributed by atoms with Crippen molar-refractivity contribution >= 4 is 29.8 Å². The Balaban J connectivity index is 2.23. The number of carbonyl (C=O) groups excluding carboxylic acids is 2. The quantitative estimate of drug-likeness (QED) is 0.348. The number of hydrazone groups is 1.